The van der Waals surface area contributed by atoms with Crippen LogP contribution in [0.15, 0.2) is 179 Å². The van der Waals surface area contributed by atoms with Crippen LogP contribution in [0.3, 0.4) is 0 Å². The standard InChI is InChI=1S/C46H28N2O2/c1-2-14-30(15-3-1)47-38-20-9-6-19-36(38)44-39(47)21-12-22-40(44)48(31-25-26-35-33-17-7-10-23-41(33)49-43(35)28-31)45-32-16-5-4-13-29(32)27-37-34-18-8-11-24-42(34)50-46(37)45/h1-28H. The Hall–Kier alpha value is -6.78. The molecule has 4 nitrogen and oxygen atoms in total. The lowest BCUT2D eigenvalue weighted by atomic mass is 10.0. The summed E-state index contributed by atoms with van der Waals surface area (Å²) in [6.45, 7) is 0. The molecule has 4 heteroatoms. The first-order chi connectivity index (χ1) is 24.8. The molecular formula is C46H28N2O2. The van der Waals surface area contributed by atoms with Crippen LogP contribution < -0.4 is 4.90 Å². The van der Waals surface area contributed by atoms with Crippen molar-refractivity contribution < 1.29 is 8.83 Å². The summed E-state index contributed by atoms with van der Waals surface area (Å²) in [6.07, 6.45) is 0. The van der Waals surface area contributed by atoms with Gasteiger partial charge in [0.2, 0.25) is 0 Å². The van der Waals surface area contributed by atoms with Crippen molar-refractivity contribution in [3.05, 3.63) is 170 Å². The van der Waals surface area contributed by atoms with Crippen molar-refractivity contribution >= 4 is 93.5 Å². The Morgan fingerprint density at radius 1 is 0.420 bits per heavy atom. The van der Waals surface area contributed by atoms with Gasteiger partial charge in [-0.1, -0.05) is 103 Å². The lowest BCUT2D eigenvalue weighted by molar-refractivity contribution is 0.668. The highest BCUT2D eigenvalue weighted by atomic mass is 16.3. The van der Waals surface area contributed by atoms with Crippen LogP contribution in [0.5, 0.6) is 0 Å². The molecule has 11 rings (SSSR count). The molecule has 234 valence electrons. The average Bonchev–Trinajstić information content (AvgIpc) is 3.84. The second kappa shape index (κ2) is 10.4. The topological polar surface area (TPSA) is 34.5 Å². The van der Waals surface area contributed by atoms with Crippen molar-refractivity contribution in [2.24, 2.45) is 0 Å². The smallest absolute Gasteiger partial charge is 0.160 e. The third-order valence-electron chi connectivity index (χ3n) is 10.1. The van der Waals surface area contributed by atoms with Crippen LogP contribution in [0.1, 0.15) is 0 Å². The molecule has 0 radical (unpaired) electrons. The zero-order chi connectivity index (χ0) is 32.8. The molecule has 0 unspecified atom stereocenters. The van der Waals surface area contributed by atoms with Gasteiger partial charge in [-0.05, 0) is 66.0 Å². The van der Waals surface area contributed by atoms with E-state index in [0.29, 0.717) is 0 Å². The van der Waals surface area contributed by atoms with Gasteiger partial charge in [-0.3, -0.25) is 0 Å². The van der Waals surface area contributed by atoms with Gasteiger partial charge in [0.15, 0.2) is 5.58 Å². The second-order valence-electron chi connectivity index (χ2n) is 12.9. The number of hydrogen-bond acceptors (Lipinski definition) is 3. The van der Waals surface area contributed by atoms with Gasteiger partial charge >= 0.3 is 0 Å². The largest absolute Gasteiger partial charge is 0.456 e. The maximum absolute atomic E-state index is 6.85. The van der Waals surface area contributed by atoms with Crippen LogP contribution in [0, 0.1) is 0 Å². The molecule has 0 amide bonds. The predicted molar refractivity (Wildman–Crippen MR) is 208 cm³/mol. The Morgan fingerprint density at radius 3 is 1.90 bits per heavy atom. The Kier molecular flexibility index (Phi) is 5.63. The monoisotopic (exact) mass is 640 g/mol. The maximum atomic E-state index is 6.85. The van der Waals surface area contributed by atoms with E-state index < -0.39 is 0 Å². The first-order valence-corrected chi connectivity index (χ1v) is 16.9. The van der Waals surface area contributed by atoms with Crippen molar-refractivity contribution in [2.45, 2.75) is 0 Å². The van der Waals surface area contributed by atoms with E-state index in [4.69, 9.17) is 8.83 Å². The maximum Gasteiger partial charge on any atom is 0.160 e. The van der Waals surface area contributed by atoms with Crippen LogP contribution >= 0.6 is 0 Å². The van der Waals surface area contributed by atoms with E-state index in [1.165, 1.54) is 5.39 Å². The number of aromatic nitrogens is 1. The normalized spacial score (nSPS) is 12.0. The summed E-state index contributed by atoms with van der Waals surface area (Å²) in [7, 11) is 0. The molecule has 0 aliphatic rings. The van der Waals surface area contributed by atoms with Gasteiger partial charge in [0.25, 0.3) is 0 Å². The van der Waals surface area contributed by atoms with Crippen molar-refractivity contribution in [3.8, 4) is 5.69 Å². The quantitative estimate of drug-likeness (QED) is 0.192. The first kappa shape index (κ1) is 27.2. The van der Waals surface area contributed by atoms with Crippen LogP contribution in [-0.4, -0.2) is 4.57 Å². The van der Waals surface area contributed by atoms with E-state index in [1.54, 1.807) is 0 Å². The van der Waals surface area contributed by atoms with E-state index in [9.17, 15) is 0 Å². The number of para-hydroxylation sites is 4. The molecule has 3 heterocycles. The van der Waals surface area contributed by atoms with E-state index in [2.05, 4.69) is 161 Å². The number of benzene rings is 8. The number of fused-ring (bicyclic) bond motifs is 10. The minimum atomic E-state index is 0.841. The summed E-state index contributed by atoms with van der Waals surface area (Å²) in [5.74, 6) is 0. The Morgan fingerprint density at radius 2 is 1.06 bits per heavy atom. The third kappa shape index (κ3) is 3.81. The molecule has 8 aromatic carbocycles. The Bertz CT molecular complexity index is 3110. The molecule has 0 N–H and O–H groups in total. The van der Waals surface area contributed by atoms with Gasteiger partial charge < -0.3 is 18.3 Å². The molecule has 0 saturated heterocycles. The van der Waals surface area contributed by atoms with Crippen molar-refractivity contribution in [2.75, 3.05) is 4.90 Å². The van der Waals surface area contributed by atoms with Gasteiger partial charge in [0.1, 0.15) is 16.7 Å². The third-order valence-corrected chi connectivity index (χ3v) is 10.1. The minimum absolute atomic E-state index is 0.841. The zero-order valence-electron chi connectivity index (χ0n) is 26.9. The molecule has 0 fully saturated rings. The van der Waals surface area contributed by atoms with E-state index >= 15 is 0 Å². The van der Waals surface area contributed by atoms with Gasteiger partial charge in [0, 0.05) is 49.5 Å². The highest BCUT2D eigenvalue weighted by molar-refractivity contribution is 6.23. The average molecular weight is 641 g/mol. The van der Waals surface area contributed by atoms with Crippen LogP contribution in [0.2, 0.25) is 0 Å². The molecule has 0 atom stereocenters. The number of anilines is 3. The van der Waals surface area contributed by atoms with E-state index in [-0.39, 0.29) is 0 Å². The highest BCUT2D eigenvalue weighted by Gasteiger charge is 2.26. The highest BCUT2D eigenvalue weighted by Crippen LogP contribution is 2.50. The van der Waals surface area contributed by atoms with E-state index in [0.717, 1.165) is 93.8 Å². The summed E-state index contributed by atoms with van der Waals surface area (Å²) < 4.78 is 15.7. The summed E-state index contributed by atoms with van der Waals surface area (Å²) in [5.41, 5.74) is 9.87. The second-order valence-corrected chi connectivity index (χ2v) is 12.9. The minimum Gasteiger partial charge on any atom is -0.456 e. The van der Waals surface area contributed by atoms with Gasteiger partial charge in [0.05, 0.1) is 28.1 Å². The molecule has 3 aromatic heterocycles. The summed E-state index contributed by atoms with van der Waals surface area (Å²) >= 11 is 0. The molecule has 0 spiro atoms. The lowest BCUT2D eigenvalue weighted by Gasteiger charge is -2.28. The fraction of sp³-hybridized carbons (Fsp3) is 0. The van der Waals surface area contributed by atoms with Crippen molar-refractivity contribution in [1.29, 1.82) is 0 Å². The number of hydrogen-bond donors (Lipinski definition) is 0. The molecule has 0 saturated carbocycles. The molecule has 50 heavy (non-hydrogen) atoms. The lowest BCUT2D eigenvalue weighted by Crippen LogP contribution is -2.11. The summed E-state index contributed by atoms with van der Waals surface area (Å²) in [4.78, 5) is 2.39. The van der Waals surface area contributed by atoms with Gasteiger partial charge in [-0.2, -0.15) is 0 Å². The SMILES string of the molecule is c1ccc(-n2c3ccccc3c3c(N(c4ccc5c(c4)oc4ccccc45)c4c5ccccc5cc5c4oc4ccccc45)cccc32)cc1. The van der Waals surface area contributed by atoms with E-state index in [1.807, 2.05) is 18.2 Å². The fourth-order valence-corrected chi connectivity index (χ4v) is 8.01. The fourth-order valence-electron chi connectivity index (χ4n) is 8.01. The summed E-state index contributed by atoms with van der Waals surface area (Å²) in [5, 5.41) is 8.98. The molecule has 0 aliphatic carbocycles. The van der Waals surface area contributed by atoms with Gasteiger partial charge in [-0.25, -0.2) is 0 Å². The number of rotatable bonds is 4. The van der Waals surface area contributed by atoms with Crippen molar-refractivity contribution in [1.82, 2.24) is 4.57 Å². The Balaban J connectivity index is 1.32. The zero-order valence-corrected chi connectivity index (χ0v) is 26.9. The van der Waals surface area contributed by atoms with Crippen molar-refractivity contribution in [3.63, 3.8) is 0 Å². The Labute approximate surface area is 286 Å². The van der Waals surface area contributed by atoms with Crippen LogP contribution in [0.25, 0.3) is 82.1 Å². The molecule has 11 aromatic rings. The van der Waals surface area contributed by atoms with Gasteiger partial charge in [-0.15, -0.1) is 0 Å². The van der Waals surface area contributed by atoms with Crippen LogP contribution in [-0.2, 0) is 0 Å². The molecule has 0 bridgehead atoms. The molecule has 0 aliphatic heterocycles. The summed E-state index contributed by atoms with van der Waals surface area (Å²) in [6, 6.07) is 60.0. The number of furan rings is 2. The first-order valence-electron chi connectivity index (χ1n) is 16.9. The predicted octanol–water partition coefficient (Wildman–Crippen LogP) is 13.2. The molecular weight excluding hydrogens is 613 g/mol. The van der Waals surface area contributed by atoms with Crippen LogP contribution in [0.4, 0.5) is 17.1 Å². The number of nitrogens with zero attached hydrogens (tertiary/aromatic N) is 2.